The molecule has 8 nitrogen and oxygen atoms in total. The SMILES string of the molecule is CC1(N=C=O)CCC(C)(C)C(C)(N=C=O)C1.N=C=O.N=C=O. The van der Waals surface area contributed by atoms with Crippen molar-refractivity contribution in [2.45, 2.75) is 58.0 Å². The van der Waals surface area contributed by atoms with Gasteiger partial charge in [-0.2, -0.15) is 9.98 Å². The maximum Gasteiger partial charge on any atom is 0.235 e. The smallest absolute Gasteiger partial charge is 0.222 e. The Bertz CT molecular complexity index is 523. The number of nitrogens with one attached hydrogen (secondary N) is 2. The second kappa shape index (κ2) is 9.46. The van der Waals surface area contributed by atoms with E-state index in [4.69, 9.17) is 20.4 Å². The fourth-order valence-corrected chi connectivity index (χ4v) is 2.42. The van der Waals surface area contributed by atoms with E-state index in [0.29, 0.717) is 6.42 Å². The monoisotopic (exact) mass is 308 g/mol. The minimum Gasteiger partial charge on any atom is -0.222 e. The maximum atomic E-state index is 10.5. The summed E-state index contributed by atoms with van der Waals surface area (Å²) in [7, 11) is 0. The van der Waals surface area contributed by atoms with Gasteiger partial charge in [0, 0.05) is 0 Å². The summed E-state index contributed by atoms with van der Waals surface area (Å²) in [6, 6.07) is 0. The molecule has 2 atom stereocenters. The lowest BCUT2D eigenvalue weighted by atomic mass is 9.59. The van der Waals surface area contributed by atoms with Gasteiger partial charge in [-0.15, -0.1) is 0 Å². The highest BCUT2D eigenvalue weighted by molar-refractivity contribution is 5.37. The summed E-state index contributed by atoms with van der Waals surface area (Å²) in [6.45, 7) is 8.00. The molecule has 1 aliphatic rings. The Hall–Kier alpha value is -2.48. The first-order chi connectivity index (χ1) is 10.1. The maximum absolute atomic E-state index is 10.5. The Labute approximate surface area is 128 Å². The minimum absolute atomic E-state index is 0.0810. The summed E-state index contributed by atoms with van der Waals surface area (Å²) in [4.78, 5) is 45.5. The summed E-state index contributed by atoms with van der Waals surface area (Å²) in [5.41, 5.74) is -1.04. The van der Waals surface area contributed by atoms with Crippen molar-refractivity contribution in [2.24, 2.45) is 15.4 Å². The van der Waals surface area contributed by atoms with Gasteiger partial charge in [0.25, 0.3) is 0 Å². The highest BCUT2D eigenvalue weighted by Gasteiger charge is 2.50. The molecule has 0 amide bonds. The Morgan fingerprint density at radius 2 is 1.23 bits per heavy atom. The molecule has 0 aromatic heterocycles. The molecule has 2 unspecified atom stereocenters. The van der Waals surface area contributed by atoms with Crippen LogP contribution in [0, 0.1) is 16.2 Å². The molecule has 0 heterocycles. The zero-order valence-electron chi connectivity index (χ0n) is 13.1. The molecular weight excluding hydrogens is 288 g/mol. The second-order valence-corrected chi connectivity index (χ2v) is 5.94. The first kappa shape index (κ1) is 21.8. The van der Waals surface area contributed by atoms with E-state index in [1.807, 2.05) is 13.8 Å². The third kappa shape index (κ3) is 6.31. The normalized spacial score (nSPS) is 27.6. The minimum atomic E-state index is -0.512. The lowest BCUT2D eigenvalue weighted by molar-refractivity contribution is 0.0734. The van der Waals surface area contributed by atoms with Gasteiger partial charge in [0.1, 0.15) is 0 Å². The van der Waals surface area contributed by atoms with Crippen LogP contribution in [0.5, 0.6) is 0 Å². The molecule has 1 rings (SSSR count). The topological polar surface area (TPSA) is 141 Å². The number of rotatable bonds is 2. The van der Waals surface area contributed by atoms with Crippen molar-refractivity contribution in [3.63, 3.8) is 0 Å². The van der Waals surface area contributed by atoms with E-state index in [1.165, 1.54) is 0 Å². The van der Waals surface area contributed by atoms with Gasteiger partial charge < -0.3 is 0 Å². The van der Waals surface area contributed by atoms with Gasteiger partial charge in [0.2, 0.25) is 24.3 Å². The molecule has 1 aliphatic carbocycles. The average Bonchev–Trinajstić information content (AvgIpc) is 2.37. The number of carbonyl (C=O) groups excluding carboxylic acids is 4. The fourth-order valence-electron chi connectivity index (χ4n) is 2.42. The molecule has 8 heteroatoms. The van der Waals surface area contributed by atoms with Crippen LogP contribution < -0.4 is 0 Å². The molecule has 0 radical (unpaired) electrons. The lowest BCUT2D eigenvalue weighted by Gasteiger charge is -2.49. The second-order valence-electron chi connectivity index (χ2n) is 5.94. The van der Waals surface area contributed by atoms with Gasteiger partial charge in [-0.05, 0) is 38.5 Å². The molecule has 0 aliphatic heterocycles. The molecule has 1 saturated carbocycles. The van der Waals surface area contributed by atoms with Crippen LogP contribution in [-0.2, 0) is 19.2 Å². The third-order valence-electron chi connectivity index (χ3n) is 4.08. The predicted octanol–water partition coefficient (Wildman–Crippen LogP) is 2.19. The number of hydrogen-bond acceptors (Lipinski definition) is 8. The van der Waals surface area contributed by atoms with Gasteiger partial charge in [0.15, 0.2) is 0 Å². The van der Waals surface area contributed by atoms with Gasteiger partial charge in [0.05, 0.1) is 11.1 Å². The molecular formula is C14H20N4O4. The van der Waals surface area contributed by atoms with E-state index in [-0.39, 0.29) is 5.41 Å². The van der Waals surface area contributed by atoms with Crippen LogP contribution in [0.25, 0.3) is 0 Å². The van der Waals surface area contributed by atoms with Crippen molar-refractivity contribution in [2.75, 3.05) is 0 Å². The number of isocyanates is 4. The van der Waals surface area contributed by atoms with E-state index in [2.05, 4.69) is 23.8 Å². The summed E-state index contributed by atoms with van der Waals surface area (Å²) in [5, 5.41) is 10.8. The van der Waals surface area contributed by atoms with Crippen molar-refractivity contribution >= 4 is 24.3 Å². The van der Waals surface area contributed by atoms with Crippen molar-refractivity contribution in [1.29, 1.82) is 10.8 Å². The molecule has 0 bridgehead atoms. The largest absolute Gasteiger partial charge is 0.235 e. The van der Waals surface area contributed by atoms with Crippen molar-refractivity contribution in [3.05, 3.63) is 0 Å². The van der Waals surface area contributed by atoms with Gasteiger partial charge in [-0.1, -0.05) is 13.8 Å². The standard InChI is InChI=1S/C12H18N2O2.2CHNO/c1-10(2)5-6-11(3,13-8-15)7-12(10,4)14-9-16;2*2-1-3/h5-7H2,1-4H3;2*2H. The molecule has 0 aromatic carbocycles. The Morgan fingerprint density at radius 3 is 1.59 bits per heavy atom. The van der Waals surface area contributed by atoms with Crippen LogP contribution >= 0.6 is 0 Å². The summed E-state index contributed by atoms with van der Waals surface area (Å²) >= 11 is 0. The van der Waals surface area contributed by atoms with Gasteiger partial charge in [-0.25, -0.2) is 30.0 Å². The lowest BCUT2D eigenvalue weighted by Crippen LogP contribution is -2.50. The third-order valence-corrected chi connectivity index (χ3v) is 4.08. The Balaban J connectivity index is 0. The van der Waals surface area contributed by atoms with Crippen LogP contribution in [-0.4, -0.2) is 35.4 Å². The van der Waals surface area contributed by atoms with Crippen molar-refractivity contribution < 1.29 is 19.2 Å². The fraction of sp³-hybridized carbons (Fsp3) is 0.714. The number of hydrogen-bond donors (Lipinski definition) is 2. The highest BCUT2D eigenvalue weighted by Crippen LogP contribution is 2.50. The molecule has 0 aromatic rings. The zero-order chi connectivity index (χ0) is 17.9. The van der Waals surface area contributed by atoms with Crippen LogP contribution in [0.1, 0.15) is 47.0 Å². The first-order valence-corrected chi connectivity index (χ1v) is 6.38. The quantitative estimate of drug-likeness (QED) is 0.595. The predicted molar refractivity (Wildman–Crippen MR) is 77.5 cm³/mol. The van der Waals surface area contributed by atoms with E-state index >= 15 is 0 Å². The molecule has 0 saturated heterocycles. The zero-order valence-corrected chi connectivity index (χ0v) is 13.1. The van der Waals surface area contributed by atoms with Crippen LogP contribution in [0.2, 0.25) is 0 Å². The first-order valence-electron chi connectivity index (χ1n) is 6.38. The van der Waals surface area contributed by atoms with Gasteiger partial charge >= 0.3 is 0 Å². The van der Waals surface area contributed by atoms with Crippen molar-refractivity contribution in [3.8, 4) is 0 Å². The van der Waals surface area contributed by atoms with E-state index < -0.39 is 11.1 Å². The molecule has 1 fully saturated rings. The van der Waals surface area contributed by atoms with E-state index in [1.54, 1.807) is 12.2 Å². The molecule has 0 spiro atoms. The number of nitrogens with zero attached hydrogens (tertiary/aromatic N) is 2. The summed E-state index contributed by atoms with van der Waals surface area (Å²) in [6.07, 6.45) is 7.04. The Morgan fingerprint density at radius 1 is 0.818 bits per heavy atom. The van der Waals surface area contributed by atoms with E-state index in [0.717, 1.165) is 25.0 Å². The highest BCUT2D eigenvalue weighted by atomic mass is 16.1. The molecule has 22 heavy (non-hydrogen) atoms. The molecule has 120 valence electrons. The average molecular weight is 308 g/mol. The van der Waals surface area contributed by atoms with Crippen LogP contribution in [0.3, 0.4) is 0 Å². The van der Waals surface area contributed by atoms with Crippen LogP contribution in [0.4, 0.5) is 0 Å². The van der Waals surface area contributed by atoms with E-state index in [9.17, 15) is 9.59 Å². The Kier molecular flexibility index (Phi) is 9.37. The summed E-state index contributed by atoms with van der Waals surface area (Å²) < 4.78 is 0. The van der Waals surface area contributed by atoms with Gasteiger partial charge in [-0.3, -0.25) is 0 Å². The van der Waals surface area contributed by atoms with Crippen molar-refractivity contribution in [1.82, 2.24) is 0 Å². The molecule has 2 N–H and O–H groups in total. The summed E-state index contributed by atoms with van der Waals surface area (Å²) in [5.74, 6) is 0. The van der Waals surface area contributed by atoms with Crippen LogP contribution in [0.15, 0.2) is 9.98 Å². The number of aliphatic imine (C=N–C) groups is 2.